The number of hydrogen-bond acceptors (Lipinski definition) is 4. The normalized spacial score (nSPS) is 11.0. The summed E-state index contributed by atoms with van der Waals surface area (Å²) in [5, 5.41) is 1.48. The van der Waals surface area contributed by atoms with Crippen LogP contribution in [0.2, 0.25) is 0 Å². The molecule has 5 nitrogen and oxygen atoms in total. The fourth-order valence-electron chi connectivity index (χ4n) is 2.82. The van der Waals surface area contributed by atoms with E-state index in [-0.39, 0.29) is 11.5 Å². The molecule has 0 aliphatic heterocycles. The van der Waals surface area contributed by atoms with Crippen LogP contribution in [0.15, 0.2) is 109 Å². The molecule has 0 fully saturated rings. The van der Waals surface area contributed by atoms with Gasteiger partial charge in [-0.2, -0.15) is 8.42 Å². The van der Waals surface area contributed by atoms with Gasteiger partial charge in [-0.05, 0) is 23.1 Å². The third kappa shape index (κ3) is 6.92. The van der Waals surface area contributed by atoms with E-state index in [4.69, 9.17) is 4.55 Å². The maximum absolute atomic E-state index is 11.7. The van der Waals surface area contributed by atoms with E-state index in [9.17, 15) is 13.2 Å². The van der Waals surface area contributed by atoms with Crippen molar-refractivity contribution in [3.8, 4) is 5.75 Å². The number of benzene rings is 4. The minimum atomic E-state index is -4.47. The summed E-state index contributed by atoms with van der Waals surface area (Å²) in [6, 6.07) is 31.2. The Morgan fingerprint density at radius 3 is 2.00 bits per heavy atom. The van der Waals surface area contributed by atoms with Crippen molar-refractivity contribution < 1.29 is 21.9 Å². The molecular formula is C25H20O5S. The molecule has 0 saturated heterocycles. The number of fused-ring (bicyclic) bond motifs is 1. The predicted molar refractivity (Wildman–Crippen MR) is 122 cm³/mol. The average molecular weight is 432 g/mol. The van der Waals surface area contributed by atoms with Gasteiger partial charge in [0, 0.05) is 10.9 Å². The van der Waals surface area contributed by atoms with Crippen LogP contribution in [0.5, 0.6) is 5.75 Å². The van der Waals surface area contributed by atoms with Crippen LogP contribution in [0.3, 0.4) is 0 Å². The Bertz CT molecular complexity index is 1280. The molecule has 4 aromatic rings. The zero-order chi connectivity index (χ0) is 22.1. The first-order chi connectivity index (χ1) is 14.9. The number of carbonyl (C=O) groups is 1. The maximum atomic E-state index is 11.7. The van der Waals surface area contributed by atoms with Crippen molar-refractivity contribution in [2.75, 3.05) is 0 Å². The second kappa shape index (κ2) is 10.3. The SMILES string of the molecule is O=C(C=Cc1ccccc1)c1ccccc1.O=S(=O)(O)Oc1cccc2ccccc12. The molecule has 0 atom stereocenters. The molecule has 0 amide bonds. The zero-order valence-electron chi connectivity index (χ0n) is 16.5. The Balaban J connectivity index is 0.000000176. The number of carbonyl (C=O) groups excluding carboxylic acids is 1. The van der Waals surface area contributed by atoms with Crippen LogP contribution >= 0.6 is 0 Å². The Kier molecular flexibility index (Phi) is 7.32. The quantitative estimate of drug-likeness (QED) is 0.252. The molecule has 0 radical (unpaired) electrons. The molecule has 4 aromatic carbocycles. The molecule has 6 heteroatoms. The number of rotatable bonds is 5. The van der Waals surface area contributed by atoms with Crippen molar-refractivity contribution in [3.63, 3.8) is 0 Å². The van der Waals surface area contributed by atoms with Crippen molar-refractivity contribution in [2.45, 2.75) is 0 Å². The van der Waals surface area contributed by atoms with Gasteiger partial charge in [0.1, 0.15) is 0 Å². The van der Waals surface area contributed by atoms with Gasteiger partial charge in [0.25, 0.3) is 0 Å². The lowest BCUT2D eigenvalue weighted by molar-refractivity contribution is 0.104. The lowest BCUT2D eigenvalue weighted by atomic mass is 10.1. The molecule has 0 saturated carbocycles. The number of allylic oxidation sites excluding steroid dienone is 1. The minimum absolute atomic E-state index is 0.0319. The first-order valence-corrected chi connectivity index (χ1v) is 10.8. The maximum Gasteiger partial charge on any atom is 0.446 e. The summed E-state index contributed by atoms with van der Waals surface area (Å²) in [5.41, 5.74) is 1.75. The molecular weight excluding hydrogens is 412 g/mol. The molecule has 156 valence electrons. The van der Waals surface area contributed by atoms with Crippen LogP contribution in [0.4, 0.5) is 0 Å². The van der Waals surface area contributed by atoms with Crippen molar-refractivity contribution in [2.24, 2.45) is 0 Å². The van der Waals surface area contributed by atoms with Gasteiger partial charge >= 0.3 is 10.4 Å². The molecule has 0 unspecified atom stereocenters. The first-order valence-electron chi connectivity index (χ1n) is 9.39. The van der Waals surface area contributed by atoms with Crippen LogP contribution in [0.25, 0.3) is 16.8 Å². The minimum Gasteiger partial charge on any atom is -0.361 e. The van der Waals surface area contributed by atoms with E-state index in [1.165, 1.54) is 6.07 Å². The lowest BCUT2D eigenvalue weighted by Gasteiger charge is -2.04. The van der Waals surface area contributed by atoms with Gasteiger partial charge in [0.15, 0.2) is 11.5 Å². The molecule has 0 heterocycles. The van der Waals surface area contributed by atoms with Crippen LogP contribution in [0.1, 0.15) is 15.9 Å². The summed E-state index contributed by atoms with van der Waals surface area (Å²) in [6.07, 6.45) is 3.43. The number of hydrogen-bond donors (Lipinski definition) is 1. The summed E-state index contributed by atoms with van der Waals surface area (Å²) in [4.78, 5) is 11.7. The first kappa shape index (κ1) is 22.0. The average Bonchev–Trinajstić information content (AvgIpc) is 2.78. The largest absolute Gasteiger partial charge is 0.446 e. The second-order valence-corrected chi connectivity index (χ2v) is 7.48. The summed E-state index contributed by atoms with van der Waals surface area (Å²) >= 11 is 0. The summed E-state index contributed by atoms with van der Waals surface area (Å²) in [6.45, 7) is 0. The lowest BCUT2D eigenvalue weighted by Crippen LogP contribution is -2.06. The zero-order valence-corrected chi connectivity index (χ0v) is 17.3. The fourth-order valence-corrected chi connectivity index (χ4v) is 3.19. The van der Waals surface area contributed by atoms with Crippen LogP contribution in [0, 0.1) is 0 Å². The van der Waals surface area contributed by atoms with E-state index in [1.54, 1.807) is 24.3 Å². The Morgan fingerprint density at radius 2 is 1.32 bits per heavy atom. The van der Waals surface area contributed by atoms with Crippen LogP contribution in [-0.4, -0.2) is 18.8 Å². The molecule has 0 bridgehead atoms. The highest BCUT2D eigenvalue weighted by molar-refractivity contribution is 7.81. The van der Waals surface area contributed by atoms with E-state index in [0.717, 1.165) is 16.5 Å². The van der Waals surface area contributed by atoms with Gasteiger partial charge < -0.3 is 4.18 Å². The molecule has 4 rings (SSSR count). The standard InChI is InChI=1S/C15H12O.C10H8O4S/c16-15(14-9-5-2-6-10-14)12-11-13-7-3-1-4-8-13;11-15(12,13)14-10-7-3-5-8-4-1-2-6-9(8)10/h1-12H;1-7H,(H,11,12,13). The van der Waals surface area contributed by atoms with Gasteiger partial charge in [0.05, 0.1) is 0 Å². The molecule has 31 heavy (non-hydrogen) atoms. The topological polar surface area (TPSA) is 80.7 Å². The van der Waals surface area contributed by atoms with E-state index in [2.05, 4.69) is 4.18 Å². The third-order valence-electron chi connectivity index (χ3n) is 4.23. The van der Waals surface area contributed by atoms with Gasteiger partial charge in [-0.25, -0.2) is 0 Å². The summed E-state index contributed by atoms with van der Waals surface area (Å²) in [7, 11) is -4.47. The van der Waals surface area contributed by atoms with Crippen LogP contribution in [-0.2, 0) is 10.4 Å². The van der Waals surface area contributed by atoms with E-state index in [0.29, 0.717) is 5.39 Å². The van der Waals surface area contributed by atoms with Gasteiger partial charge in [-0.3, -0.25) is 9.35 Å². The highest BCUT2D eigenvalue weighted by Crippen LogP contribution is 2.25. The number of ketones is 1. The summed E-state index contributed by atoms with van der Waals surface area (Å²) < 4.78 is 34.2. The molecule has 0 aliphatic rings. The molecule has 1 N–H and O–H groups in total. The van der Waals surface area contributed by atoms with Gasteiger partial charge in [-0.15, -0.1) is 0 Å². The monoisotopic (exact) mass is 432 g/mol. The van der Waals surface area contributed by atoms with E-state index >= 15 is 0 Å². The summed E-state index contributed by atoms with van der Waals surface area (Å²) in [5.74, 6) is 0.153. The molecule has 0 spiro atoms. The highest BCUT2D eigenvalue weighted by atomic mass is 32.3. The smallest absolute Gasteiger partial charge is 0.361 e. The van der Waals surface area contributed by atoms with E-state index < -0.39 is 10.4 Å². The van der Waals surface area contributed by atoms with Crippen molar-refractivity contribution in [1.29, 1.82) is 0 Å². The highest BCUT2D eigenvalue weighted by Gasteiger charge is 2.09. The van der Waals surface area contributed by atoms with Gasteiger partial charge in [-0.1, -0.05) is 103 Å². The van der Waals surface area contributed by atoms with Crippen molar-refractivity contribution in [1.82, 2.24) is 0 Å². The fraction of sp³-hybridized carbons (Fsp3) is 0. The second-order valence-electron chi connectivity index (χ2n) is 6.46. The molecule has 0 aliphatic carbocycles. The van der Waals surface area contributed by atoms with Gasteiger partial charge in [0.2, 0.25) is 0 Å². The van der Waals surface area contributed by atoms with E-state index in [1.807, 2.05) is 84.9 Å². The van der Waals surface area contributed by atoms with Crippen molar-refractivity contribution in [3.05, 3.63) is 120 Å². The van der Waals surface area contributed by atoms with Crippen LogP contribution < -0.4 is 4.18 Å². The Morgan fingerprint density at radius 1 is 0.742 bits per heavy atom. The van der Waals surface area contributed by atoms with Crippen molar-refractivity contribution >= 4 is 33.0 Å². The Hall–Kier alpha value is -3.74. The predicted octanol–water partition coefficient (Wildman–Crippen LogP) is 5.60. The Labute approximate surface area is 181 Å². The molecule has 0 aromatic heterocycles. The third-order valence-corrected chi connectivity index (χ3v) is 4.62.